The first-order valence-corrected chi connectivity index (χ1v) is 5.03. The van der Waals surface area contributed by atoms with E-state index in [2.05, 4.69) is 43.5 Å². The molecule has 0 aromatic rings. The summed E-state index contributed by atoms with van der Waals surface area (Å²) in [6.07, 6.45) is 21.1. The van der Waals surface area contributed by atoms with Crippen molar-refractivity contribution in [2.24, 2.45) is 0 Å². The van der Waals surface area contributed by atoms with Crippen LogP contribution in [-0.4, -0.2) is 0 Å². The van der Waals surface area contributed by atoms with Crippen LogP contribution in [0.2, 0.25) is 0 Å². The summed E-state index contributed by atoms with van der Waals surface area (Å²) in [6, 6.07) is 0. The molecular formula is C15H16. The molecule has 0 N–H and O–H groups in total. The first kappa shape index (κ1) is 11.3. The lowest BCUT2D eigenvalue weighted by Crippen LogP contribution is -1.73. The van der Waals surface area contributed by atoms with Gasteiger partial charge in [0.05, 0.1) is 0 Å². The van der Waals surface area contributed by atoms with Crippen LogP contribution in [0, 0.1) is 0 Å². The van der Waals surface area contributed by atoms with Gasteiger partial charge in [-0.25, -0.2) is 0 Å². The van der Waals surface area contributed by atoms with E-state index in [1.54, 1.807) is 6.08 Å². The molecule has 1 rings (SSSR count). The molecule has 0 saturated carbocycles. The summed E-state index contributed by atoms with van der Waals surface area (Å²) in [5.41, 5.74) is 2.29. The van der Waals surface area contributed by atoms with Crippen LogP contribution < -0.4 is 0 Å². The topological polar surface area (TPSA) is 0 Å². The van der Waals surface area contributed by atoms with Crippen LogP contribution in [0.3, 0.4) is 0 Å². The molecule has 0 nitrogen and oxygen atoms in total. The van der Waals surface area contributed by atoms with E-state index < -0.39 is 0 Å². The third-order valence-electron chi connectivity index (χ3n) is 2.04. The van der Waals surface area contributed by atoms with E-state index in [9.17, 15) is 0 Å². The Morgan fingerprint density at radius 2 is 2.13 bits per heavy atom. The molecule has 0 aromatic heterocycles. The van der Waals surface area contributed by atoms with E-state index in [1.165, 1.54) is 5.57 Å². The van der Waals surface area contributed by atoms with Crippen molar-refractivity contribution in [3.05, 3.63) is 85.1 Å². The first-order chi connectivity index (χ1) is 7.36. The minimum absolute atomic E-state index is 0.987. The molecule has 0 saturated heterocycles. The smallest absolute Gasteiger partial charge is 0.0157 e. The Balaban J connectivity index is 2.72. The average Bonchev–Trinajstić information content (AvgIpc) is 2.52. The maximum Gasteiger partial charge on any atom is -0.0157 e. The van der Waals surface area contributed by atoms with Crippen LogP contribution in [-0.2, 0) is 0 Å². The highest BCUT2D eigenvalue weighted by Gasteiger charge is 1.88. The zero-order valence-electron chi connectivity index (χ0n) is 8.89. The molecule has 0 radical (unpaired) electrons. The molecule has 0 amide bonds. The van der Waals surface area contributed by atoms with Gasteiger partial charge in [0.1, 0.15) is 0 Å². The fraction of sp³-hybridized carbons (Fsp3) is 0.0667. The first-order valence-electron chi connectivity index (χ1n) is 5.03. The maximum atomic E-state index is 3.74. The van der Waals surface area contributed by atoms with Gasteiger partial charge in [0, 0.05) is 0 Å². The van der Waals surface area contributed by atoms with Crippen LogP contribution in [0.5, 0.6) is 0 Å². The minimum Gasteiger partial charge on any atom is -0.0990 e. The van der Waals surface area contributed by atoms with Crippen molar-refractivity contribution in [3.8, 4) is 0 Å². The largest absolute Gasteiger partial charge is 0.0990 e. The van der Waals surface area contributed by atoms with Crippen molar-refractivity contribution in [3.63, 3.8) is 0 Å². The Morgan fingerprint density at radius 1 is 1.27 bits per heavy atom. The predicted molar refractivity (Wildman–Crippen MR) is 68.6 cm³/mol. The molecule has 0 fully saturated rings. The lowest BCUT2D eigenvalue weighted by Gasteiger charge is -1.93. The van der Waals surface area contributed by atoms with Crippen LogP contribution in [0.25, 0.3) is 0 Å². The standard InChI is InChI=1S/C15H16/c1-3-9-14(4-2)12-13-15-10-7-5-6-8-11-15/h3-7,9-13H,1-2,8H2/b13-12+,14-9+. The van der Waals surface area contributed by atoms with Crippen molar-refractivity contribution in [1.82, 2.24) is 0 Å². The van der Waals surface area contributed by atoms with Gasteiger partial charge in [-0.1, -0.05) is 73.9 Å². The van der Waals surface area contributed by atoms with Gasteiger partial charge in [0.15, 0.2) is 0 Å². The van der Waals surface area contributed by atoms with Crippen molar-refractivity contribution in [2.45, 2.75) is 6.42 Å². The lowest BCUT2D eigenvalue weighted by atomic mass is 10.1. The van der Waals surface area contributed by atoms with Crippen molar-refractivity contribution in [2.75, 3.05) is 0 Å². The molecule has 1 aliphatic rings. The van der Waals surface area contributed by atoms with Crippen LogP contribution in [0.1, 0.15) is 6.42 Å². The van der Waals surface area contributed by atoms with E-state index in [0.717, 1.165) is 12.0 Å². The predicted octanol–water partition coefficient (Wildman–Crippen LogP) is 4.28. The van der Waals surface area contributed by atoms with Gasteiger partial charge < -0.3 is 0 Å². The minimum atomic E-state index is 0.987. The normalized spacial score (nSPS) is 16.3. The van der Waals surface area contributed by atoms with E-state index in [4.69, 9.17) is 0 Å². The molecule has 76 valence electrons. The fourth-order valence-electron chi connectivity index (χ4n) is 1.24. The highest BCUT2D eigenvalue weighted by molar-refractivity contribution is 5.41. The Labute approximate surface area is 92.0 Å². The highest BCUT2D eigenvalue weighted by Crippen LogP contribution is 2.08. The Bertz CT molecular complexity index is 371. The SMILES string of the molecule is C=C/C=C(C=C)/C=C/C1=CCC=CC=C1. The molecule has 0 spiro atoms. The summed E-state index contributed by atoms with van der Waals surface area (Å²) in [5.74, 6) is 0. The van der Waals surface area contributed by atoms with Crippen LogP contribution >= 0.6 is 0 Å². The Morgan fingerprint density at radius 3 is 2.87 bits per heavy atom. The summed E-state index contributed by atoms with van der Waals surface area (Å²) in [7, 11) is 0. The summed E-state index contributed by atoms with van der Waals surface area (Å²) in [6.45, 7) is 7.41. The van der Waals surface area contributed by atoms with Gasteiger partial charge in [0.25, 0.3) is 0 Å². The third-order valence-corrected chi connectivity index (χ3v) is 2.04. The number of hydrogen-bond donors (Lipinski definition) is 0. The zero-order chi connectivity index (χ0) is 10.9. The summed E-state index contributed by atoms with van der Waals surface area (Å²) >= 11 is 0. The summed E-state index contributed by atoms with van der Waals surface area (Å²) < 4.78 is 0. The van der Waals surface area contributed by atoms with E-state index >= 15 is 0 Å². The Hall–Kier alpha value is -1.82. The average molecular weight is 196 g/mol. The third kappa shape index (κ3) is 4.28. The molecule has 0 heteroatoms. The molecular weight excluding hydrogens is 180 g/mol. The van der Waals surface area contributed by atoms with Crippen molar-refractivity contribution in [1.29, 1.82) is 0 Å². The molecule has 15 heavy (non-hydrogen) atoms. The zero-order valence-corrected chi connectivity index (χ0v) is 8.89. The number of allylic oxidation sites excluding steroid dienone is 12. The monoisotopic (exact) mass is 196 g/mol. The van der Waals surface area contributed by atoms with E-state index in [0.29, 0.717) is 0 Å². The second-order valence-corrected chi connectivity index (χ2v) is 3.17. The van der Waals surface area contributed by atoms with Crippen molar-refractivity contribution >= 4 is 0 Å². The molecule has 0 aliphatic heterocycles. The van der Waals surface area contributed by atoms with E-state index in [1.807, 2.05) is 24.3 Å². The molecule has 0 heterocycles. The van der Waals surface area contributed by atoms with Gasteiger partial charge in [0.2, 0.25) is 0 Å². The number of rotatable bonds is 4. The summed E-state index contributed by atoms with van der Waals surface area (Å²) in [5, 5.41) is 0. The quantitative estimate of drug-likeness (QED) is 0.588. The molecule has 0 unspecified atom stereocenters. The van der Waals surface area contributed by atoms with Crippen LogP contribution in [0.4, 0.5) is 0 Å². The molecule has 1 aliphatic carbocycles. The fourth-order valence-corrected chi connectivity index (χ4v) is 1.24. The van der Waals surface area contributed by atoms with Crippen LogP contribution in [0.15, 0.2) is 85.1 Å². The van der Waals surface area contributed by atoms with Gasteiger partial charge in [-0.15, -0.1) is 0 Å². The van der Waals surface area contributed by atoms with E-state index in [-0.39, 0.29) is 0 Å². The Kier molecular flexibility index (Phi) is 4.96. The van der Waals surface area contributed by atoms with Gasteiger partial charge in [-0.05, 0) is 17.6 Å². The lowest BCUT2D eigenvalue weighted by molar-refractivity contribution is 1.38. The maximum absolute atomic E-state index is 3.74. The second-order valence-electron chi connectivity index (χ2n) is 3.17. The van der Waals surface area contributed by atoms with Gasteiger partial charge in [-0.3, -0.25) is 0 Å². The van der Waals surface area contributed by atoms with Gasteiger partial charge >= 0.3 is 0 Å². The molecule has 0 bridgehead atoms. The van der Waals surface area contributed by atoms with Crippen molar-refractivity contribution < 1.29 is 0 Å². The molecule has 0 atom stereocenters. The van der Waals surface area contributed by atoms with Gasteiger partial charge in [-0.2, -0.15) is 0 Å². The number of hydrogen-bond acceptors (Lipinski definition) is 0. The molecule has 0 aromatic carbocycles. The summed E-state index contributed by atoms with van der Waals surface area (Å²) in [4.78, 5) is 0. The highest BCUT2D eigenvalue weighted by atomic mass is 13.9. The second kappa shape index (κ2) is 6.61.